The van der Waals surface area contributed by atoms with Crippen LogP contribution in [0.1, 0.15) is 29.4 Å². The standard InChI is InChI=1S/C22H28N4O/c1-2-12-23-20-10-11-21(24-18-20)22(27)26-16-14-25(15-17-26)13-6-9-19-7-4-3-5-8-19/h3-11,18,23H,2,12-17H2,1H3/b9-6+. The average molecular weight is 364 g/mol. The van der Waals surface area contributed by atoms with Gasteiger partial charge in [-0.05, 0) is 24.1 Å². The van der Waals surface area contributed by atoms with Crippen LogP contribution >= 0.6 is 0 Å². The molecule has 0 unspecified atom stereocenters. The normalized spacial score (nSPS) is 15.2. The Kier molecular flexibility index (Phi) is 6.99. The number of nitrogens with zero attached hydrogens (tertiary/aromatic N) is 3. The molecule has 1 aromatic heterocycles. The van der Waals surface area contributed by atoms with Gasteiger partial charge in [0.25, 0.3) is 5.91 Å². The van der Waals surface area contributed by atoms with E-state index in [1.807, 2.05) is 35.2 Å². The van der Waals surface area contributed by atoms with Crippen molar-refractivity contribution in [2.24, 2.45) is 0 Å². The molecule has 142 valence electrons. The third kappa shape index (κ3) is 5.66. The monoisotopic (exact) mass is 364 g/mol. The zero-order chi connectivity index (χ0) is 18.9. The molecule has 0 bridgehead atoms. The van der Waals surface area contributed by atoms with Gasteiger partial charge in [0.1, 0.15) is 5.69 Å². The summed E-state index contributed by atoms with van der Waals surface area (Å²) in [5, 5.41) is 3.28. The Balaban J connectivity index is 1.45. The number of nitrogens with one attached hydrogen (secondary N) is 1. The molecule has 0 spiro atoms. The molecule has 1 N–H and O–H groups in total. The number of carbonyl (C=O) groups is 1. The summed E-state index contributed by atoms with van der Waals surface area (Å²) < 4.78 is 0. The highest BCUT2D eigenvalue weighted by atomic mass is 16.2. The van der Waals surface area contributed by atoms with Crippen LogP contribution in [0.4, 0.5) is 5.69 Å². The molecule has 1 aliphatic heterocycles. The smallest absolute Gasteiger partial charge is 0.272 e. The molecule has 1 amide bonds. The molecular weight excluding hydrogens is 336 g/mol. The number of hydrogen-bond donors (Lipinski definition) is 1. The molecule has 2 heterocycles. The summed E-state index contributed by atoms with van der Waals surface area (Å²) in [5.41, 5.74) is 2.70. The third-order valence-corrected chi connectivity index (χ3v) is 4.69. The predicted octanol–water partition coefficient (Wildman–Crippen LogP) is 3.37. The SMILES string of the molecule is CCCNc1ccc(C(=O)N2CCN(C/C=C/c3ccccc3)CC2)nc1. The van der Waals surface area contributed by atoms with E-state index in [1.165, 1.54) is 5.56 Å². The Hall–Kier alpha value is -2.66. The predicted molar refractivity (Wildman–Crippen MR) is 111 cm³/mol. The molecular formula is C22H28N4O. The lowest BCUT2D eigenvalue weighted by atomic mass is 10.2. The zero-order valence-corrected chi connectivity index (χ0v) is 16.0. The quantitative estimate of drug-likeness (QED) is 0.818. The summed E-state index contributed by atoms with van der Waals surface area (Å²) in [6, 6.07) is 14.1. The summed E-state index contributed by atoms with van der Waals surface area (Å²) in [6.45, 7) is 7.21. The van der Waals surface area contributed by atoms with Crippen molar-refractivity contribution in [1.29, 1.82) is 0 Å². The fourth-order valence-corrected chi connectivity index (χ4v) is 3.09. The van der Waals surface area contributed by atoms with Crippen molar-refractivity contribution in [3.63, 3.8) is 0 Å². The van der Waals surface area contributed by atoms with Gasteiger partial charge in [0.15, 0.2) is 0 Å². The van der Waals surface area contributed by atoms with E-state index in [4.69, 9.17) is 0 Å². The Morgan fingerprint density at radius 2 is 1.89 bits per heavy atom. The van der Waals surface area contributed by atoms with E-state index < -0.39 is 0 Å². The third-order valence-electron chi connectivity index (χ3n) is 4.69. The van der Waals surface area contributed by atoms with Crippen molar-refractivity contribution in [3.8, 4) is 0 Å². The van der Waals surface area contributed by atoms with E-state index >= 15 is 0 Å². The number of carbonyl (C=O) groups excluding carboxylic acids is 1. The molecule has 0 atom stereocenters. The molecule has 2 aromatic rings. The molecule has 0 saturated carbocycles. The highest BCUT2D eigenvalue weighted by Gasteiger charge is 2.22. The minimum Gasteiger partial charge on any atom is -0.384 e. The van der Waals surface area contributed by atoms with Crippen LogP contribution in [0.15, 0.2) is 54.7 Å². The summed E-state index contributed by atoms with van der Waals surface area (Å²) in [7, 11) is 0. The molecule has 5 nitrogen and oxygen atoms in total. The Morgan fingerprint density at radius 1 is 1.11 bits per heavy atom. The van der Waals surface area contributed by atoms with Crippen LogP contribution in [-0.2, 0) is 0 Å². The van der Waals surface area contributed by atoms with Gasteiger partial charge in [0, 0.05) is 39.3 Å². The van der Waals surface area contributed by atoms with Gasteiger partial charge in [-0.15, -0.1) is 0 Å². The topological polar surface area (TPSA) is 48.5 Å². The number of rotatable bonds is 7. The highest BCUT2D eigenvalue weighted by Crippen LogP contribution is 2.11. The molecule has 27 heavy (non-hydrogen) atoms. The summed E-state index contributed by atoms with van der Waals surface area (Å²) >= 11 is 0. The van der Waals surface area contributed by atoms with Crippen LogP contribution in [0, 0.1) is 0 Å². The lowest BCUT2D eigenvalue weighted by molar-refractivity contribution is 0.0644. The van der Waals surface area contributed by atoms with Crippen molar-refractivity contribution >= 4 is 17.7 Å². The number of amides is 1. The molecule has 1 aromatic carbocycles. The number of piperazine rings is 1. The second kappa shape index (κ2) is 9.88. The number of anilines is 1. The van der Waals surface area contributed by atoms with E-state index in [2.05, 4.69) is 46.4 Å². The maximum atomic E-state index is 12.6. The van der Waals surface area contributed by atoms with Crippen LogP contribution < -0.4 is 5.32 Å². The first-order valence-corrected chi connectivity index (χ1v) is 9.69. The van der Waals surface area contributed by atoms with Gasteiger partial charge in [0.2, 0.25) is 0 Å². The number of hydrogen-bond acceptors (Lipinski definition) is 4. The zero-order valence-electron chi connectivity index (χ0n) is 16.0. The van der Waals surface area contributed by atoms with E-state index in [0.717, 1.165) is 51.4 Å². The van der Waals surface area contributed by atoms with Crippen molar-refractivity contribution in [3.05, 3.63) is 66.0 Å². The maximum absolute atomic E-state index is 12.6. The minimum atomic E-state index is 0.0246. The van der Waals surface area contributed by atoms with E-state index in [1.54, 1.807) is 6.20 Å². The minimum absolute atomic E-state index is 0.0246. The fraction of sp³-hybridized carbons (Fsp3) is 0.364. The van der Waals surface area contributed by atoms with Crippen molar-refractivity contribution < 1.29 is 4.79 Å². The van der Waals surface area contributed by atoms with Crippen LogP contribution in [0.25, 0.3) is 6.08 Å². The number of aromatic nitrogens is 1. The molecule has 1 saturated heterocycles. The number of pyridine rings is 1. The van der Waals surface area contributed by atoms with Gasteiger partial charge in [-0.25, -0.2) is 4.98 Å². The van der Waals surface area contributed by atoms with Gasteiger partial charge >= 0.3 is 0 Å². The van der Waals surface area contributed by atoms with Gasteiger partial charge in [0.05, 0.1) is 11.9 Å². The highest BCUT2D eigenvalue weighted by molar-refractivity contribution is 5.92. The second-order valence-electron chi connectivity index (χ2n) is 6.76. The van der Waals surface area contributed by atoms with Crippen molar-refractivity contribution in [2.45, 2.75) is 13.3 Å². The van der Waals surface area contributed by atoms with E-state index in [0.29, 0.717) is 5.69 Å². The van der Waals surface area contributed by atoms with Crippen LogP contribution in [0.2, 0.25) is 0 Å². The summed E-state index contributed by atoms with van der Waals surface area (Å²) in [4.78, 5) is 21.2. The molecule has 5 heteroatoms. The molecule has 1 aliphatic rings. The van der Waals surface area contributed by atoms with Crippen molar-refractivity contribution in [1.82, 2.24) is 14.8 Å². The first kappa shape index (κ1) is 19.1. The van der Waals surface area contributed by atoms with Gasteiger partial charge < -0.3 is 10.2 Å². The van der Waals surface area contributed by atoms with Crippen LogP contribution in [0.3, 0.4) is 0 Å². The molecule has 3 rings (SSSR count). The fourth-order valence-electron chi connectivity index (χ4n) is 3.09. The Bertz CT molecular complexity index is 735. The summed E-state index contributed by atoms with van der Waals surface area (Å²) in [6.07, 6.45) is 7.14. The Labute approximate surface area is 161 Å². The summed E-state index contributed by atoms with van der Waals surface area (Å²) in [5.74, 6) is 0.0246. The first-order chi connectivity index (χ1) is 13.3. The van der Waals surface area contributed by atoms with E-state index in [9.17, 15) is 4.79 Å². The van der Waals surface area contributed by atoms with Crippen molar-refractivity contribution in [2.75, 3.05) is 44.6 Å². The maximum Gasteiger partial charge on any atom is 0.272 e. The second-order valence-corrected chi connectivity index (χ2v) is 6.76. The lowest BCUT2D eigenvalue weighted by Gasteiger charge is -2.34. The number of benzene rings is 1. The molecule has 0 radical (unpaired) electrons. The van der Waals surface area contributed by atoms with Crippen LogP contribution in [0.5, 0.6) is 0 Å². The Morgan fingerprint density at radius 3 is 2.56 bits per heavy atom. The molecule has 0 aliphatic carbocycles. The largest absolute Gasteiger partial charge is 0.384 e. The van der Waals surface area contributed by atoms with Crippen LogP contribution in [-0.4, -0.2) is 60.0 Å². The van der Waals surface area contributed by atoms with Gasteiger partial charge in [-0.2, -0.15) is 0 Å². The molecule has 1 fully saturated rings. The average Bonchev–Trinajstić information content (AvgIpc) is 2.73. The first-order valence-electron chi connectivity index (χ1n) is 9.69. The van der Waals surface area contributed by atoms with Gasteiger partial charge in [-0.3, -0.25) is 9.69 Å². The van der Waals surface area contributed by atoms with E-state index in [-0.39, 0.29) is 5.91 Å². The lowest BCUT2D eigenvalue weighted by Crippen LogP contribution is -2.48. The van der Waals surface area contributed by atoms with Gasteiger partial charge in [-0.1, -0.05) is 49.4 Å².